The number of fused-ring (bicyclic) bond motifs is 1. The molecule has 5 rings (SSSR count). The molecule has 3 N–H and O–H groups in total. The molecule has 3 aromatic heterocycles. The van der Waals surface area contributed by atoms with Gasteiger partial charge in [-0.05, 0) is 48.0 Å². The fraction of sp³-hybridized carbons (Fsp3) is 0.0385. The number of benzene rings is 2. The van der Waals surface area contributed by atoms with Crippen molar-refractivity contribution in [1.29, 1.82) is 0 Å². The predicted molar refractivity (Wildman–Crippen MR) is 142 cm³/mol. The van der Waals surface area contributed by atoms with E-state index < -0.39 is 10.0 Å². The van der Waals surface area contributed by atoms with Crippen molar-refractivity contribution in [3.63, 3.8) is 0 Å². The number of nitrogens with two attached hydrogens (primary N) is 1. The van der Waals surface area contributed by atoms with E-state index in [9.17, 15) is 8.42 Å². The second-order valence-corrected chi connectivity index (χ2v) is 9.61. The molecule has 0 aliphatic rings. The summed E-state index contributed by atoms with van der Waals surface area (Å²) >= 11 is 0. The fourth-order valence-corrected chi connectivity index (χ4v) is 4.72. The smallest absolute Gasteiger partial charge is 0.261 e. The normalized spacial score (nSPS) is 12.3. The summed E-state index contributed by atoms with van der Waals surface area (Å²) in [4.78, 5) is 21.3. The summed E-state index contributed by atoms with van der Waals surface area (Å²) in [5, 5.41) is 0. The lowest BCUT2D eigenvalue weighted by Crippen LogP contribution is -2.13. The zero-order valence-electron chi connectivity index (χ0n) is 19.6. The molecule has 0 spiro atoms. The molecular weight excluding hydrogens is 490 g/mol. The third-order valence-corrected chi connectivity index (χ3v) is 6.89. The molecule has 2 aromatic carbocycles. The number of pyridine rings is 1. The summed E-state index contributed by atoms with van der Waals surface area (Å²) in [5.41, 5.74) is 10.8. The quantitative estimate of drug-likeness (QED) is 0.310. The molecule has 0 bridgehead atoms. The van der Waals surface area contributed by atoms with E-state index in [0.29, 0.717) is 39.3 Å². The number of nitrogens with one attached hydrogen (secondary N) is 1. The van der Waals surface area contributed by atoms with Crippen LogP contribution in [0.5, 0.6) is 0 Å². The highest BCUT2D eigenvalue weighted by Crippen LogP contribution is 2.27. The van der Waals surface area contributed by atoms with Gasteiger partial charge in [-0.15, -0.1) is 0 Å². The van der Waals surface area contributed by atoms with Gasteiger partial charge in [-0.3, -0.25) is 19.7 Å². The second-order valence-electron chi connectivity index (χ2n) is 7.93. The minimum atomic E-state index is -3.85. The maximum atomic E-state index is 13.0. The predicted octanol–water partition coefficient (Wildman–Crippen LogP) is 4.15. The molecule has 5 aromatic rings. The van der Waals surface area contributed by atoms with Gasteiger partial charge in [-0.2, -0.15) is 0 Å². The van der Waals surface area contributed by atoms with E-state index in [1.165, 1.54) is 30.9 Å². The first kappa shape index (κ1) is 23.8. The number of allylic oxidation sites excluding steroid dienone is 1. The van der Waals surface area contributed by atoms with Crippen molar-refractivity contribution in [3.8, 4) is 22.5 Å². The lowest BCUT2D eigenvalue weighted by molar-refractivity contribution is 0.572. The first-order valence-corrected chi connectivity index (χ1v) is 12.5. The van der Waals surface area contributed by atoms with Crippen molar-refractivity contribution in [2.45, 2.75) is 4.90 Å². The number of nitrogens with zero attached hydrogens (tertiary/aromatic N) is 5. The largest absolute Gasteiger partial charge is 0.444 e. The zero-order chi connectivity index (χ0) is 25.8. The van der Waals surface area contributed by atoms with Crippen LogP contribution in [0.4, 0.5) is 5.69 Å². The molecule has 0 saturated carbocycles. The molecule has 0 saturated heterocycles. The Labute approximate surface area is 212 Å². The van der Waals surface area contributed by atoms with Crippen LogP contribution in [0.3, 0.4) is 0 Å². The molecule has 3 heterocycles. The standard InChI is InChI=1S/C26H21N7O3S/c1-28-11-20(10-27)25-14-31-23-7-4-18(9-24(23)32-25)19-8-21(13-29-12-19)33-37(34,35)22-5-2-17(3-6-22)26-15-30-16-36-26/h2-16,33H,27H2,1H3. The Morgan fingerprint density at radius 1 is 0.946 bits per heavy atom. The highest BCUT2D eigenvalue weighted by Gasteiger charge is 2.16. The number of anilines is 1. The van der Waals surface area contributed by atoms with Crippen LogP contribution in [0.15, 0.2) is 100 Å². The van der Waals surface area contributed by atoms with Crippen molar-refractivity contribution < 1.29 is 12.8 Å². The number of oxazole rings is 1. The van der Waals surface area contributed by atoms with Gasteiger partial charge < -0.3 is 10.2 Å². The SMILES string of the molecule is CN=CC(=CN)c1cnc2ccc(-c3cncc(NS(=O)(=O)c4ccc(-c5cnco5)cc4)c3)cc2n1. The maximum absolute atomic E-state index is 13.0. The van der Waals surface area contributed by atoms with Crippen molar-refractivity contribution >= 4 is 38.5 Å². The summed E-state index contributed by atoms with van der Waals surface area (Å²) in [7, 11) is -2.19. The first-order chi connectivity index (χ1) is 18.0. The molecule has 184 valence electrons. The summed E-state index contributed by atoms with van der Waals surface area (Å²) in [6.07, 6.45) is 10.7. The van der Waals surface area contributed by atoms with Crippen LogP contribution in [-0.4, -0.2) is 41.6 Å². The Kier molecular flexibility index (Phi) is 6.43. The Bertz CT molecular complexity index is 1730. The van der Waals surface area contributed by atoms with Crippen molar-refractivity contribution in [3.05, 3.63) is 91.6 Å². The van der Waals surface area contributed by atoms with Gasteiger partial charge in [-0.25, -0.2) is 18.4 Å². The Hall–Kier alpha value is -4.90. The minimum Gasteiger partial charge on any atom is -0.444 e. The third-order valence-electron chi connectivity index (χ3n) is 5.49. The number of rotatable bonds is 7. The monoisotopic (exact) mass is 511 g/mol. The molecule has 10 nitrogen and oxygen atoms in total. The lowest BCUT2D eigenvalue weighted by Gasteiger charge is -2.10. The van der Waals surface area contributed by atoms with Crippen LogP contribution in [0.2, 0.25) is 0 Å². The fourth-order valence-electron chi connectivity index (χ4n) is 3.69. The molecule has 11 heteroatoms. The lowest BCUT2D eigenvalue weighted by atomic mass is 10.1. The topological polar surface area (TPSA) is 149 Å². The molecule has 0 unspecified atom stereocenters. The summed E-state index contributed by atoms with van der Waals surface area (Å²) in [6.45, 7) is 0. The summed E-state index contributed by atoms with van der Waals surface area (Å²) in [5.74, 6) is 0.551. The first-order valence-electron chi connectivity index (χ1n) is 11.1. The molecule has 0 amide bonds. The number of aliphatic imine (C=N–C) groups is 1. The minimum absolute atomic E-state index is 0.106. The molecule has 0 fully saturated rings. The molecule has 0 radical (unpaired) electrons. The summed E-state index contributed by atoms with van der Waals surface area (Å²) in [6, 6.07) is 13.6. The van der Waals surface area contributed by atoms with E-state index in [2.05, 4.69) is 29.7 Å². The number of hydrogen-bond donors (Lipinski definition) is 2. The van der Waals surface area contributed by atoms with Crippen LogP contribution in [0.1, 0.15) is 5.69 Å². The van der Waals surface area contributed by atoms with E-state index in [0.717, 1.165) is 11.1 Å². The third kappa shape index (κ3) is 5.07. The molecule has 0 aliphatic carbocycles. The number of sulfonamides is 1. The Balaban J connectivity index is 1.42. The van der Waals surface area contributed by atoms with Crippen LogP contribution < -0.4 is 10.5 Å². The summed E-state index contributed by atoms with van der Waals surface area (Å²) < 4.78 is 33.8. The molecule has 37 heavy (non-hydrogen) atoms. The van der Waals surface area contributed by atoms with E-state index in [1.807, 2.05) is 18.2 Å². The van der Waals surface area contributed by atoms with Crippen molar-refractivity contribution in [2.75, 3.05) is 11.8 Å². The maximum Gasteiger partial charge on any atom is 0.261 e. The van der Waals surface area contributed by atoms with Crippen LogP contribution >= 0.6 is 0 Å². The Morgan fingerprint density at radius 2 is 1.76 bits per heavy atom. The van der Waals surface area contributed by atoms with Gasteiger partial charge in [0.25, 0.3) is 10.0 Å². The average Bonchev–Trinajstić information content (AvgIpc) is 3.46. The van der Waals surface area contributed by atoms with E-state index in [-0.39, 0.29) is 4.90 Å². The molecule has 0 atom stereocenters. The van der Waals surface area contributed by atoms with Gasteiger partial charge in [0.1, 0.15) is 0 Å². The van der Waals surface area contributed by atoms with Crippen LogP contribution in [-0.2, 0) is 10.0 Å². The van der Waals surface area contributed by atoms with Crippen molar-refractivity contribution in [2.24, 2.45) is 10.7 Å². The molecular formula is C26H21N7O3S. The van der Waals surface area contributed by atoms with Crippen LogP contribution in [0, 0.1) is 0 Å². The van der Waals surface area contributed by atoms with Gasteiger partial charge in [-0.1, -0.05) is 6.07 Å². The Morgan fingerprint density at radius 3 is 2.49 bits per heavy atom. The van der Waals surface area contributed by atoms with E-state index >= 15 is 0 Å². The number of hydrogen-bond acceptors (Lipinski definition) is 9. The number of aromatic nitrogens is 4. The van der Waals surface area contributed by atoms with Gasteiger partial charge in [0.2, 0.25) is 0 Å². The van der Waals surface area contributed by atoms with Gasteiger partial charge >= 0.3 is 0 Å². The zero-order valence-corrected chi connectivity index (χ0v) is 20.4. The molecule has 0 aliphatic heterocycles. The van der Waals surface area contributed by atoms with E-state index in [4.69, 9.17) is 10.2 Å². The average molecular weight is 512 g/mol. The van der Waals surface area contributed by atoms with Crippen molar-refractivity contribution in [1.82, 2.24) is 19.9 Å². The van der Waals surface area contributed by atoms with Gasteiger partial charge in [0.05, 0.1) is 45.9 Å². The highest BCUT2D eigenvalue weighted by atomic mass is 32.2. The highest BCUT2D eigenvalue weighted by molar-refractivity contribution is 7.92. The van der Waals surface area contributed by atoms with E-state index in [1.54, 1.807) is 50.1 Å². The second kappa shape index (κ2) is 9.99. The van der Waals surface area contributed by atoms with Gasteiger partial charge in [0.15, 0.2) is 12.2 Å². The van der Waals surface area contributed by atoms with Gasteiger partial charge in [0, 0.05) is 42.4 Å². The van der Waals surface area contributed by atoms with Crippen LogP contribution in [0.25, 0.3) is 39.1 Å².